The number of aromatic nitrogens is 1. The molecule has 3 aromatic rings. The van der Waals surface area contributed by atoms with E-state index >= 15 is 0 Å². The van der Waals surface area contributed by atoms with E-state index in [2.05, 4.69) is 4.98 Å². The molecule has 0 amide bonds. The number of carbonyl (C=O) groups excluding carboxylic acids is 1. The molecule has 0 saturated heterocycles. The standard InChI is InChI=1S/C21H16F3NO3/c22-21(23,24)16-9-4-10-17(12-16)28-20(27)18(14-6-2-1-3-7-14)19(26)15-8-5-11-25-13-15/h1-13,18-19,26H. The van der Waals surface area contributed by atoms with E-state index in [0.29, 0.717) is 11.1 Å². The Morgan fingerprint density at radius 3 is 2.32 bits per heavy atom. The van der Waals surface area contributed by atoms with Crippen molar-refractivity contribution in [2.24, 2.45) is 0 Å². The number of hydrogen-bond acceptors (Lipinski definition) is 4. The van der Waals surface area contributed by atoms with Crippen LogP contribution in [0, 0.1) is 0 Å². The van der Waals surface area contributed by atoms with E-state index in [4.69, 9.17) is 4.74 Å². The number of nitrogens with zero attached hydrogens (tertiary/aromatic N) is 1. The first kappa shape index (κ1) is 19.6. The van der Waals surface area contributed by atoms with E-state index in [-0.39, 0.29) is 5.75 Å². The highest BCUT2D eigenvalue weighted by Crippen LogP contribution is 2.34. The molecule has 2 unspecified atom stereocenters. The molecule has 1 aromatic heterocycles. The van der Waals surface area contributed by atoms with Crippen LogP contribution in [-0.2, 0) is 11.0 Å². The van der Waals surface area contributed by atoms with Crippen molar-refractivity contribution < 1.29 is 27.8 Å². The number of aliphatic hydroxyl groups excluding tert-OH is 1. The van der Waals surface area contributed by atoms with Gasteiger partial charge in [-0.15, -0.1) is 0 Å². The van der Waals surface area contributed by atoms with Gasteiger partial charge >= 0.3 is 12.1 Å². The smallest absolute Gasteiger partial charge is 0.416 e. The summed E-state index contributed by atoms with van der Waals surface area (Å²) in [6.45, 7) is 0. The lowest BCUT2D eigenvalue weighted by Gasteiger charge is -2.22. The van der Waals surface area contributed by atoms with Gasteiger partial charge in [-0.1, -0.05) is 42.5 Å². The average molecular weight is 387 g/mol. The summed E-state index contributed by atoms with van der Waals surface area (Å²) in [6.07, 6.45) is -2.90. The summed E-state index contributed by atoms with van der Waals surface area (Å²) in [6, 6.07) is 15.7. The van der Waals surface area contributed by atoms with Gasteiger partial charge < -0.3 is 9.84 Å². The minimum absolute atomic E-state index is 0.251. The van der Waals surface area contributed by atoms with E-state index in [1.807, 2.05) is 0 Å². The summed E-state index contributed by atoms with van der Waals surface area (Å²) in [5.74, 6) is -2.26. The minimum Gasteiger partial charge on any atom is -0.426 e. The third-order valence-electron chi connectivity index (χ3n) is 4.13. The minimum atomic E-state index is -4.56. The maximum absolute atomic E-state index is 12.9. The van der Waals surface area contributed by atoms with Crippen LogP contribution in [0.1, 0.15) is 28.7 Å². The maximum Gasteiger partial charge on any atom is 0.416 e. The number of halogens is 3. The Labute approximate surface area is 159 Å². The van der Waals surface area contributed by atoms with E-state index in [0.717, 1.165) is 18.2 Å². The van der Waals surface area contributed by atoms with Crippen molar-refractivity contribution in [3.63, 3.8) is 0 Å². The topological polar surface area (TPSA) is 59.4 Å². The van der Waals surface area contributed by atoms with Crippen molar-refractivity contribution in [1.82, 2.24) is 4.98 Å². The van der Waals surface area contributed by atoms with Gasteiger partial charge in [0.05, 0.1) is 11.7 Å². The van der Waals surface area contributed by atoms with Gasteiger partial charge in [0.25, 0.3) is 0 Å². The van der Waals surface area contributed by atoms with Gasteiger partial charge in [-0.05, 0) is 29.8 Å². The number of hydrogen-bond donors (Lipinski definition) is 1. The summed E-state index contributed by atoms with van der Waals surface area (Å²) in [5, 5.41) is 10.7. The second-order valence-electron chi connectivity index (χ2n) is 6.07. The SMILES string of the molecule is O=C(Oc1cccc(C(F)(F)F)c1)C(c1ccccc1)C(O)c1cccnc1. The lowest BCUT2D eigenvalue weighted by Crippen LogP contribution is -2.25. The first-order valence-corrected chi connectivity index (χ1v) is 8.38. The molecular formula is C21H16F3NO3. The van der Waals surface area contributed by atoms with Crippen LogP contribution in [-0.4, -0.2) is 16.1 Å². The molecule has 1 heterocycles. The normalized spacial score (nSPS) is 13.6. The zero-order valence-electron chi connectivity index (χ0n) is 14.5. The van der Waals surface area contributed by atoms with Gasteiger partial charge in [0, 0.05) is 18.0 Å². The van der Waals surface area contributed by atoms with Crippen LogP contribution >= 0.6 is 0 Å². The van der Waals surface area contributed by atoms with Crippen LogP contribution < -0.4 is 4.74 Å². The van der Waals surface area contributed by atoms with Crippen LogP contribution in [0.5, 0.6) is 5.75 Å². The second kappa shape index (κ2) is 8.22. The number of aliphatic hydroxyl groups is 1. The Kier molecular flexibility index (Phi) is 5.75. The Morgan fingerprint density at radius 1 is 0.964 bits per heavy atom. The second-order valence-corrected chi connectivity index (χ2v) is 6.07. The first-order valence-electron chi connectivity index (χ1n) is 8.38. The molecular weight excluding hydrogens is 371 g/mol. The zero-order chi connectivity index (χ0) is 20.1. The molecule has 2 aromatic carbocycles. The molecule has 0 aliphatic carbocycles. The number of alkyl halides is 3. The van der Waals surface area contributed by atoms with Crippen LogP contribution in [0.25, 0.3) is 0 Å². The molecule has 0 radical (unpaired) electrons. The first-order chi connectivity index (χ1) is 13.4. The van der Waals surface area contributed by atoms with Gasteiger partial charge in [-0.25, -0.2) is 0 Å². The average Bonchev–Trinajstić information content (AvgIpc) is 2.69. The molecule has 0 fully saturated rings. The van der Waals surface area contributed by atoms with Crippen molar-refractivity contribution >= 4 is 5.97 Å². The molecule has 4 nitrogen and oxygen atoms in total. The summed E-state index contributed by atoms with van der Waals surface area (Å²) in [4.78, 5) is 16.7. The zero-order valence-corrected chi connectivity index (χ0v) is 14.5. The maximum atomic E-state index is 12.9. The summed E-state index contributed by atoms with van der Waals surface area (Å²) in [7, 11) is 0. The highest BCUT2D eigenvalue weighted by Gasteiger charge is 2.33. The number of benzene rings is 2. The lowest BCUT2D eigenvalue weighted by atomic mass is 9.90. The van der Waals surface area contributed by atoms with Crippen molar-refractivity contribution in [3.8, 4) is 5.75 Å². The molecule has 2 atom stereocenters. The molecule has 0 saturated carbocycles. The van der Waals surface area contributed by atoms with Crippen molar-refractivity contribution in [1.29, 1.82) is 0 Å². The van der Waals surface area contributed by atoms with Crippen LogP contribution in [0.4, 0.5) is 13.2 Å². The number of ether oxygens (including phenoxy) is 1. The van der Waals surface area contributed by atoms with Gasteiger partial charge in [-0.3, -0.25) is 9.78 Å². The molecule has 0 aliphatic heterocycles. The van der Waals surface area contributed by atoms with Crippen LogP contribution in [0.15, 0.2) is 79.1 Å². The quantitative estimate of drug-likeness (QED) is 0.516. The number of esters is 1. The van der Waals surface area contributed by atoms with Gasteiger partial charge in [-0.2, -0.15) is 13.2 Å². The molecule has 28 heavy (non-hydrogen) atoms. The molecule has 0 spiro atoms. The van der Waals surface area contributed by atoms with Crippen LogP contribution in [0.2, 0.25) is 0 Å². The summed E-state index contributed by atoms with van der Waals surface area (Å²) < 4.78 is 43.9. The van der Waals surface area contributed by atoms with E-state index in [1.54, 1.807) is 42.5 Å². The fraction of sp³-hybridized carbons (Fsp3) is 0.143. The third kappa shape index (κ3) is 4.55. The Balaban J connectivity index is 1.92. The molecule has 144 valence electrons. The van der Waals surface area contributed by atoms with E-state index in [9.17, 15) is 23.1 Å². The summed E-state index contributed by atoms with van der Waals surface area (Å²) in [5.41, 5.74) is -0.0740. The van der Waals surface area contributed by atoms with Crippen molar-refractivity contribution in [2.75, 3.05) is 0 Å². The molecule has 3 rings (SSSR count). The Bertz CT molecular complexity index is 930. The highest BCUT2D eigenvalue weighted by molar-refractivity contribution is 5.81. The van der Waals surface area contributed by atoms with Gasteiger partial charge in [0.1, 0.15) is 11.7 Å². The molecule has 7 heteroatoms. The Hall–Kier alpha value is -3.19. The fourth-order valence-corrected chi connectivity index (χ4v) is 2.77. The van der Waals surface area contributed by atoms with E-state index in [1.165, 1.54) is 18.5 Å². The van der Waals surface area contributed by atoms with Crippen LogP contribution in [0.3, 0.4) is 0 Å². The van der Waals surface area contributed by atoms with Gasteiger partial charge in [0.2, 0.25) is 0 Å². The fourth-order valence-electron chi connectivity index (χ4n) is 2.77. The third-order valence-corrected chi connectivity index (χ3v) is 4.13. The van der Waals surface area contributed by atoms with Crippen molar-refractivity contribution in [2.45, 2.75) is 18.2 Å². The number of carbonyl (C=O) groups is 1. The molecule has 1 N–H and O–H groups in total. The number of pyridine rings is 1. The largest absolute Gasteiger partial charge is 0.426 e. The Morgan fingerprint density at radius 2 is 1.68 bits per heavy atom. The predicted octanol–water partition coefficient (Wildman–Crippen LogP) is 4.52. The summed E-state index contributed by atoms with van der Waals surface area (Å²) >= 11 is 0. The lowest BCUT2D eigenvalue weighted by molar-refractivity contribution is -0.141. The highest BCUT2D eigenvalue weighted by atomic mass is 19.4. The van der Waals surface area contributed by atoms with Gasteiger partial charge in [0.15, 0.2) is 0 Å². The molecule has 0 aliphatic rings. The molecule has 0 bridgehead atoms. The predicted molar refractivity (Wildman–Crippen MR) is 95.5 cm³/mol. The number of rotatable bonds is 5. The monoisotopic (exact) mass is 387 g/mol. The van der Waals surface area contributed by atoms with E-state index < -0.39 is 29.7 Å². The van der Waals surface area contributed by atoms with Crippen molar-refractivity contribution in [3.05, 3.63) is 95.8 Å².